The lowest BCUT2D eigenvalue weighted by molar-refractivity contribution is 0.124. The summed E-state index contributed by atoms with van der Waals surface area (Å²) in [7, 11) is 0. The summed E-state index contributed by atoms with van der Waals surface area (Å²) in [5, 5.41) is 8.87. The molecule has 0 spiro atoms. The van der Waals surface area contributed by atoms with Crippen LogP contribution in [0.1, 0.15) is 12.0 Å². The van der Waals surface area contributed by atoms with Crippen molar-refractivity contribution in [2.75, 3.05) is 32.7 Å². The van der Waals surface area contributed by atoms with Gasteiger partial charge in [0.25, 0.3) is 5.56 Å². The van der Waals surface area contributed by atoms with E-state index < -0.39 is 0 Å². The van der Waals surface area contributed by atoms with Crippen molar-refractivity contribution in [3.05, 3.63) is 70.5 Å². The van der Waals surface area contributed by atoms with Gasteiger partial charge in [-0.15, -0.1) is 5.10 Å². The number of piperazine rings is 1. The number of fused-ring (bicyclic) bond motifs is 1. The molecule has 1 saturated heterocycles. The van der Waals surface area contributed by atoms with E-state index in [1.165, 1.54) is 10.2 Å². The molecule has 6 nitrogen and oxygen atoms in total. The predicted octanol–water partition coefficient (Wildman–Crippen LogP) is 2.00. The Morgan fingerprint density at radius 2 is 1.52 bits per heavy atom. The summed E-state index contributed by atoms with van der Waals surface area (Å²) in [6.45, 7) is 6.95. The van der Waals surface area contributed by atoms with E-state index in [0.29, 0.717) is 17.4 Å². The summed E-state index contributed by atoms with van der Waals surface area (Å²) in [4.78, 5) is 17.4. The molecule has 140 valence electrons. The number of aryl methyl sites for hydroxylation is 1. The van der Waals surface area contributed by atoms with Crippen LogP contribution in [0.15, 0.2) is 59.4 Å². The number of rotatable bonds is 6. The molecule has 6 heteroatoms. The first kappa shape index (κ1) is 17.8. The molecule has 4 rings (SSSR count). The number of aromatic nitrogens is 3. The maximum absolute atomic E-state index is 12.5. The average Bonchev–Trinajstić information content (AvgIpc) is 2.72. The van der Waals surface area contributed by atoms with Gasteiger partial charge in [-0.05, 0) is 24.1 Å². The van der Waals surface area contributed by atoms with Crippen molar-refractivity contribution in [1.29, 1.82) is 0 Å². The van der Waals surface area contributed by atoms with Gasteiger partial charge in [-0.2, -0.15) is 0 Å². The molecule has 0 N–H and O–H groups in total. The zero-order valence-corrected chi connectivity index (χ0v) is 15.5. The SMILES string of the molecule is O=c1c2ccccc2nnn1CCCN1CCN(Cc2ccccc2)CC1. The van der Waals surface area contributed by atoms with Gasteiger partial charge in [0, 0.05) is 45.8 Å². The molecule has 2 aromatic carbocycles. The molecule has 0 aliphatic carbocycles. The molecule has 0 bridgehead atoms. The van der Waals surface area contributed by atoms with Crippen molar-refractivity contribution < 1.29 is 0 Å². The second-order valence-electron chi connectivity index (χ2n) is 7.09. The van der Waals surface area contributed by atoms with Crippen molar-refractivity contribution >= 4 is 10.9 Å². The van der Waals surface area contributed by atoms with Crippen LogP contribution in [0, 0.1) is 0 Å². The van der Waals surface area contributed by atoms with Gasteiger partial charge < -0.3 is 4.90 Å². The van der Waals surface area contributed by atoms with Gasteiger partial charge in [0.1, 0.15) is 5.52 Å². The van der Waals surface area contributed by atoms with Crippen LogP contribution in [0.25, 0.3) is 10.9 Å². The van der Waals surface area contributed by atoms with Crippen molar-refractivity contribution in [3.63, 3.8) is 0 Å². The normalized spacial score (nSPS) is 16.0. The highest BCUT2D eigenvalue weighted by Crippen LogP contribution is 2.09. The Labute approximate surface area is 159 Å². The van der Waals surface area contributed by atoms with E-state index in [-0.39, 0.29) is 5.56 Å². The molecule has 27 heavy (non-hydrogen) atoms. The van der Waals surface area contributed by atoms with Gasteiger partial charge in [0.05, 0.1) is 5.39 Å². The first-order valence-corrected chi connectivity index (χ1v) is 9.61. The highest BCUT2D eigenvalue weighted by Gasteiger charge is 2.16. The molecule has 0 saturated carbocycles. The maximum Gasteiger partial charge on any atom is 0.277 e. The third-order valence-electron chi connectivity index (χ3n) is 5.19. The van der Waals surface area contributed by atoms with E-state index in [9.17, 15) is 4.79 Å². The average molecular weight is 363 g/mol. The molecular formula is C21H25N5O. The molecule has 1 fully saturated rings. The number of hydrogen-bond donors (Lipinski definition) is 0. The minimum Gasteiger partial charge on any atom is -0.301 e. The van der Waals surface area contributed by atoms with Gasteiger partial charge in [0.2, 0.25) is 0 Å². The maximum atomic E-state index is 12.5. The summed E-state index contributed by atoms with van der Waals surface area (Å²) in [5.41, 5.74) is 1.99. The van der Waals surface area contributed by atoms with E-state index in [4.69, 9.17) is 0 Å². The van der Waals surface area contributed by atoms with E-state index in [1.807, 2.05) is 24.3 Å². The minimum absolute atomic E-state index is 0.0479. The van der Waals surface area contributed by atoms with Gasteiger partial charge in [-0.25, -0.2) is 4.68 Å². The van der Waals surface area contributed by atoms with E-state index in [2.05, 4.69) is 50.4 Å². The largest absolute Gasteiger partial charge is 0.301 e. The van der Waals surface area contributed by atoms with Crippen LogP contribution in [0.4, 0.5) is 0 Å². The van der Waals surface area contributed by atoms with Gasteiger partial charge in [0.15, 0.2) is 0 Å². The minimum atomic E-state index is -0.0479. The molecule has 1 aliphatic heterocycles. The topological polar surface area (TPSA) is 54.3 Å². The zero-order valence-electron chi connectivity index (χ0n) is 15.5. The Balaban J connectivity index is 1.25. The molecule has 3 aromatic rings. The first-order chi connectivity index (χ1) is 13.3. The fourth-order valence-electron chi connectivity index (χ4n) is 3.63. The van der Waals surface area contributed by atoms with Crippen LogP contribution >= 0.6 is 0 Å². The summed E-state index contributed by atoms with van der Waals surface area (Å²) in [5.74, 6) is 0. The Morgan fingerprint density at radius 1 is 0.815 bits per heavy atom. The van der Waals surface area contributed by atoms with Crippen molar-refractivity contribution in [2.45, 2.75) is 19.5 Å². The van der Waals surface area contributed by atoms with Crippen molar-refractivity contribution in [3.8, 4) is 0 Å². The van der Waals surface area contributed by atoms with Crippen LogP contribution in [-0.4, -0.2) is 57.5 Å². The number of nitrogens with zero attached hydrogens (tertiary/aromatic N) is 5. The highest BCUT2D eigenvalue weighted by atomic mass is 16.1. The first-order valence-electron chi connectivity index (χ1n) is 9.61. The third kappa shape index (κ3) is 4.40. The fraction of sp³-hybridized carbons (Fsp3) is 0.381. The summed E-state index contributed by atoms with van der Waals surface area (Å²) < 4.78 is 1.49. The van der Waals surface area contributed by atoms with Crippen LogP contribution in [0.5, 0.6) is 0 Å². The van der Waals surface area contributed by atoms with Crippen LogP contribution in [-0.2, 0) is 13.1 Å². The molecule has 0 unspecified atom stereocenters. The monoisotopic (exact) mass is 363 g/mol. The smallest absolute Gasteiger partial charge is 0.277 e. The molecule has 0 atom stereocenters. The molecule has 1 aliphatic rings. The second kappa shape index (κ2) is 8.41. The lowest BCUT2D eigenvalue weighted by Crippen LogP contribution is -2.46. The van der Waals surface area contributed by atoms with E-state index >= 15 is 0 Å². The predicted molar refractivity (Wildman–Crippen MR) is 107 cm³/mol. The van der Waals surface area contributed by atoms with Gasteiger partial charge in [-0.3, -0.25) is 9.69 Å². The molecular weight excluding hydrogens is 338 g/mol. The number of hydrogen-bond acceptors (Lipinski definition) is 5. The summed E-state index contributed by atoms with van der Waals surface area (Å²) >= 11 is 0. The highest BCUT2D eigenvalue weighted by molar-refractivity contribution is 5.76. The Bertz CT molecular complexity index is 932. The summed E-state index contributed by atoms with van der Waals surface area (Å²) in [6.07, 6.45) is 0.908. The quantitative estimate of drug-likeness (QED) is 0.670. The second-order valence-corrected chi connectivity index (χ2v) is 7.09. The Hall–Kier alpha value is -2.57. The van der Waals surface area contributed by atoms with Crippen molar-refractivity contribution in [1.82, 2.24) is 24.8 Å². The Kier molecular flexibility index (Phi) is 5.55. The van der Waals surface area contributed by atoms with E-state index in [1.54, 1.807) is 0 Å². The standard InChI is InChI=1S/C21H25N5O/c27-21-19-9-4-5-10-20(19)22-23-26(21)12-6-11-24-13-15-25(16-14-24)17-18-7-2-1-3-8-18/h1-5,7-10H,6,11-17H2. The van der Waals surface area contributed by atoms with Gasteiger partial charge in [-0.1, -0.05) is 47.7 Å². The summed E-state index contributed by atoms with van der Waals surface area (Å²) in [6, 6.07) is 18.0. The van der Waals surface area contributed by atoms with E-state index in [0.717, 1.165) is 45.7 Å². The lowest BCUT2D eigenvalue weighted by atomic mass is 10.2. The zero-order chi connectivity index (χ0) is 18.5. The third-order valence-corrected chi connectivity index (χ3v) is 5.19. The fourth-order valence-corrected chi connectivity index (χ4v) is 3.63. The lowest BCUT2D eigenvalue weighted by Gasteiger charge is -2.34. The van der Waals surface area contributed by atoms with Crippen molar-refractivity contribution in [2.24, 2.45) is 0 Å². The molecule has 0 amide bonds. The number of benzene rings is 2. The van der Waals surface area contributed by atoms with Crippen LogP contribution in [0.3, 0.4) is 0 Å². The van der Waals surface area contributed by atoms with Crippen LogP contribution < -0.4 is 5.56 Å². The molecule has 2 heterocycles. The molecule has 1 aromatic heterocycles. The van der Waals surface area contributed by atoms with Crippen LogP contribution in [0.2, 0.25) is 0 Å². The van der Waals surface area contributed by atoms with Gasteiger partial charge >= 0.3 is 0 Å². The Morgan fingerprint density at radius 3 is 2.33 bits per heavy atom. The molecule has 0 radical (unpaired) electrons.